The zero-order valence-corrected chi connectivity index (χ0v) is 14.7. The summed E-state index contributed by atoms with van der Waals surface area (Å²) >= 11 is 0. The summed E-state index contributed by atoms with van der Waals surface area (Å²) in [5, 5.41) is 5.40. The Labute approximate surface area is 147 Å². The third-order valence-corrected chi connectivity index (χ3v) is 3.97. The van der Waals surface area contributed by atoms with Crippen LogP contribution in [0, 0.1) is 12.8 Å². The van der Waals surface area contributed by atoms with Gasteiger partial charge in [0.15, 0.2) is 0 Å². The van der Waals surface area contributed by atoms with Crippen molar-refractivity contribution < 1.29 is 9.59 Å². The molecule has 0 saturated carbocycles. The van der Waals surface area contributed by atoms with Gasteiger partial charge in [0.1, 0.15) is 0 Å². The smallest absolute Gasteiger partial charge is 0.243 e. The van der Waals surface area contributed by atoms with Crippen molar-refractivity contribution in [1.82, 2.24) is 10.3 Å². The maximum absolute atomic E-state index is 12.1. The molecule has 4 N–H and O–H groups in total. The summed E-state index contributed by atoms with van der Waals surface area (Å²) in [4.78, 5) is 28.0. The number of hydrogen-bond acceptors (Lipinski definition) is 4. The van der Waals surface area contributed by atoms with Crippen LogP contribution in [0.1, 0.15) is 19.4 Å². The van der Waals surface area contributed by atoms with Crippen LogP contribution in [0.5, 0.6) is 0 Å². The van der Waals surface area contributed by atoms with E-state index in [0.717, 1.165) is 16.7 Å². The number of nitrogens with zero attached hydrogens (tertiary/aromatic N) is 1. The van der Waals surface area contributed by atoms with Gasteiger partial charge in [-0.25, -0.2) is 0 Å². The number of aryl methyl sites for hydroxylation is 1. The summed E-state index contributed by atoms with van der Waals surface area (Å²) in [6.45, 7) is 5.52. The number of hydrogen-bond donors (Lipinski definition) is 3. The van der Waals surface area contributed by atoms with Crippen LogP contribution < -0.4 is 16.4 Å². The molecule has 1 aromatic carbocycles. The van der Waals surface area contributed by atoms with Crippen LogP contribution in [0.15, 0.2) is 42.7 Å². The molecule has 1 atom stereocenters. The van der Waals surface area contributed by atoms with Crippen molar-refractivity contribution in [3.05, 3.63) is 48.3 Å². The maximum atomic E-state index is 12.1. The highest BCUT2D eigenvalue weighted by Crippen LogP contribution is 2.24. The number of benzene rings is 1. The molecular weight excluding hydrogens is 316 g/mol. The van der Waals surface area contributed by atoms with Crippen LogP contribution in [0.2, 0.25) is 0 Å². The fourth-order valence-corrected chi connectivity index (χ4v) is 2.26. The Hall–Kier alpha value is -2.73. The largest absolute Gasteiger partial charge is 0.346 e. The molecule has 0 saturated heterocycles. The molecule has 0 spiro atoms. The Balaban J connectivity index is 2.02. The molecule has 6 nitrogen and oxygen atoms in total. The maximum Gasteiger partial charge on any atom is 0.243 e. The Morgan fingerprint density at radius 3 is 2.44 bits per heavy atom. The number of pyridine rings is 1. The number of carbonyl (C=O) groups is 2. The molecule has 25 heavy (non-hydrogen) atoms. The fraction of sp³-hybridized carbons (Fsp3) is 0.316. The zero-order chi connectivity index (χ0) is 18.4. The van der Waals surface area contributed by atoms with Crippen molar-refractivity contribution in [2.24, 2.45) is 11.7 Å². The number of rotatable bonds is 6. The summed E-state index contributed by atoms with van der Waals surface area (Å²) in [5.41, 5.74) is 9.41. The number of nitrogens with one attached hydrogen (secondary N) is 2. The van der Waals surface area contributed by atoms with Gasteiger partial charge in [-0.2, -0.15) is 0 Å². The second-order valence-electron chi connectivity index (χ2n) is 6.30. The van der Waals surface area contributed by atoms with Crippen LogP contribution in [0.25, 0.3) is 11.1 Å². The van der Waals surface area contributed by atoms with Gasteiger partial charge >= 0.3 is 0 Å². The predicted molar refractivity (Wildman–Crippen MR) is 98.9 cm³/mol. The average Bonchev–Trinajstić information content (AvgIpc) is 2.61. The quantitative estimate of drug-likeness (QED) is 0.750. The first-order valence-corrected chi connectivity index (χ1v) is 8.22. The number of anilines is 1. The highest BCUT2D eigenvalue weighted by Gasteiger charge is 2.17. The molecule has 0 aliphatic rings. The first kappa shape index (κ1) is 18.6. The number of aromatic nitrogens is 1. The number of carbonyl (C=O) groups excluding carboxylic acids is 2. The summed E-state index contributed by atoms with van der Waals surface area (Å²) in [6.07, 6.45) is 3.45. The van der Waals surface area contributed by atoms with E-state index in [0.29, 0.717) is 5.69 Å². The van der Waals surface area contributed by atoms with E-state index >= 15 is 0 Å². The second kappa shape index (κ2) is 8.39. The van der Waals surface area contributed by atoms with Gasteiger partial charge in [0.05, 0.1) is 12.6 Å². The average molecular weight is 340 g/mol. The lowest BCUT2D eigenvalue weighted by atomic mass is 10.0. The van der Waals surface area contributed by atoms with Gasteiger partial charge < -0.3 is 16.4 Å². The van der Waals surface area contributed by atoms with Crippen molar-refractivity contribution in [1.29, 1.82) is 0 Å². The summed E-state index contributed by atoms with van der Waals surface area (Å²) in [7, 11) is 0. The van der Waals surface area contributed by atoms with E-state index in [1.165, 1.54) is 0 Å². The van der Waals surface area contributed by atoms with E-state index in [2.05, 4.69) is 15.6 Å². The molecule has 0 aliphatic carbocycles. The first-order valence-electron chi connectivity index (χ1n) is 8.22. The summed E-state index contributed by atoms with van der Waals surface area (Å²) in [6, 6.07) is 9.03. The monoisotopic (exact) mass is 340 g/mol. The fourth-order valence-electron chi connectivity index (χ4n) is 2.26. The third-order valence-electron chi connectivity index (χ3n) is 3.97. The Morgan fingerprint density at radius 2 is 1.80 bits per heavy atom. The van der Waals surface area contributed by atoms with Crippen LogP contribution >= 0.6 is 0 Å². The van der Waals surface area contributed by atoms with Crippen LogP contribution in [0.4, 0.5) is 5.69 Å². The molecule has 0 unspecified atom stereocenters. The molecule has 2 amide bonds. The normalized spacial score (nSPS) is 11.9. The van der Waals surface area contributed by atoms with E-state index in [-0.39, 0.29) is 24.3 Å². The zero-order valence-electron chi connectivity index (χ0n) is 14.7. The molecule has 2 rings (SSSR count). The van der Waals surface area contributed by atoms with Crippen molar-refractivity contribution in [3.8, 4) is 11.1 Å². The first-order chi connectivity index (χ1) is 11.9. The summed E-state index contributed by atoms with van der Waals surface area (Å²) in [5.74, 6) is -0.603. The van der Waals surface area contributed by atoms with E-state index in [4.69, 9.17) is 5.73 Å². The van der Waals surface area contributed by atoms with Gasteiger partial charge in [-0.15, -0.1) is 0 Å². The molecule has 0 radical (unpaired) electrons. The molecule has 0 aliphatic heterocycles. The van der Waals surface area contributed by atoms with Crippen molar-refractivity contribution in [3.63, 3.8) is 0 Å². The van der Waals surface area contributed by atoms with Gasteiger partial charge in [-0.3, -0.25) is 14.6 Å². The molecule has 0 bridgehead atoms. The third kappa shape index (κ3) is 5.12. The van der Waals surface area contributed by atoms with Gasteiger partial charge in [0.2, 0.25) is 11.8 Å². The molecule has 6 heteroatoms. The molecule has 132 valence electrons. The van der Waals surface area contributed by atoms with Crippen LogP contribution in [-0.4, -0.2) is 29.4 Å². The minimum Gasteiger partial charge on any atom is -0.346 e. The molecule has 1 aromatic heterocycles. The lowest BCUT2D eigenvalue weighted by Crippen LogP contribution is -2.46. The Bertz CT molecular complexity index is 744. The van der Waals surface area contributed by atoms with Crippen molar-refractivity contribution in [2.45, 2.75) is 26.8 Å². The topological polar surface area (TPSA) is 97.1 Å². The number of nitrogens with two attached hydrogens (primary N) is 1. The van der Waals surface area contributed by atoms with Crippen molar-refractivity contribution in [2.75, 3.05) is 11.9 Å². The highest BCUT2D eigenvalue weighted by atomic mass is 16.2. The van der Waals surface area contributed by atoms with Gasteiger partial charge in [0.25, 0.3) is 0 Å². The highest BCUT2D eigenvalue weighted by molar-refractivity contribution is 5.96. The van der Waals surface area contributed by atoms with Crippen LogP contribution in [-0.2, 0) is 9.59 Å². The second-order valence-corrected chi connectivity index (χ2v) is 6.30. The lowest BCUT2D eigenvalue weighted by molar-refractivity contribution is -0.125. The van der Waals surface area contributed by atoms with E-state index < -0.39 is 6.04 Å². The van der Waals surface area contributed by atoms with E-state index in [1.54, 1.807) is 12.4 Å². The van der Waals surface area contributed by atoms with Crippen LogP contribution in [0.3, 0.4) is 0 Å². The van der Waals surface area contributed by atoms with E-state index in [1.807, 2.05) is 51.1 Å². The standard InChI is InChI=1S/C19H24N4O2/c1-12(2)18(20)19(25)22-11-17(24)23-16-10-15(5-4-13(16)3)14-6-8-21-9-7-14/h4-10,12,18H,11,20H2,1-3H3,(H,22,25)(H,23,24)/t18-/m0/s1. The van der Waals surface area contributed by atoms with Crippen molar-refractivity contribution >= 4 is 17.5 Å². The Kier molecular flexibility index (Phi) is 6.25. The SMILES string of the molecule is Cc1ccc(-c2ccncc2)cc1NC(=O)CNC(=O)[C@@H](N)C(C)C. The predicted octanol–water partition coefficient (Wildman–Crippen LogP) is 2.10. The molecule has 0 fully saturated rings. The summed E-state index contributed by atoms with van der Waals surface area (Å²) < 4.78 is 0. The minimum atomic E-state index is -0.621. The Morgan fingerprint density at radius 1 is 1.12 bits per heavy atom. The minimum absolute atomic E-state index is 0.0161. The molecule has 2 aromatic rings. The molecule has 1 heterocycles. The lowest BCUT2D eigenvalue weighted by Gasteiger charge is -2.15. The van der Waals surface area contributed by atoms with Gasteiger partial charge in [-0.05, 0) is 47.7 Å². The number of amides is 2. The molecular formula is C19H24N4O2. The van der Waals surface area contributed by atoms with E-state index in [9.17, 15) is 9.59 Å². The van der Waals surface area contributed by atoms with Gasteiger partial charge in [-0.1, -0.05) is 26.0 Å². The van der Waals surface area contributed by atoms with Gasteiger partial charge in [0, 0.05) is 18.1 Å².